The molecule has 1 aromatic heterocycles. The van der Waals surface area contributed by atoms with Crippen LogP contribution >= 0.6 is 15.9 Å². The summed E-state index contributed by atoms with van der Waals surface area (Å²) in [6.07, 6.45) is 2.89. The van der Waals surface area contributed by atoms with E-state index in [1.165, 1.54) is 18.2 Å². The molecular weight excluding hydrogens is 454 g/mol. The molecule has 0 bridgehead atoms. The number of methoxy groups -OCH3 is 1. The van der Waals surface area contributed by atoms with E-state index in [2.05, 4.69) is 21.2 Å². The highest BCUT2D eigenvalue weighted by molar-refractivity contribution is 9.10. The molecule has 0 aliphatic carbocycles. The number of fused-ring (bicyclic) bond motifs is 1. The monoisotopic (exact) mass is 471 g/mol. The fraction of sp³-hybridized carbons (Fsp3) is 0.136. The third-order valence-corrected chi connectivity index (χ3v) is 4.72. The molecule has 2 aromatic carbocycles. The highest BCUT2D eigenvalue weighted by Crippen LogP contribution is 2.26. The number of nitrogens with one attached hydrogen (secondary N) is 1. The van der Waals surface area contributed by atoms with Crippen molar-refractivity contribution < 1.29 is 23.5 Å². The third kappa shape index (κ3) is 4.96. The predicted molar refractivity (Wildman–Crippen MR) is 116 cm³/mol. The minimum atomic E-state index is -0.762. The van der Waals surface area contributed by atoms with E-state index in [-0.39, 0.29) is 16.9 Å². The molecular formula is C22H18BrNO6. The average Bonchev–Trinajstić information content (AvgIpc) is 2.72. The molecule has 0 aliphatic heterocycles. The van der Waals surface area contributed by atoms with Gasteiger partial charge in [-0.05, 0) is 64.8 Å². The number of benzene rings is 2. The van der Waals surface area contributed by atoms with Crippen LogP contribution in [0.1, 0.15) is 22.8 Å². The van der Waals surface area contributed by atoms with E-state index in [0.717, 1.165) is 10.0 Å². The molecule has 0 spiro atoms. The number of amides is 1. The van der Waals surface area contributed by atoms with Crippen molar-refractivity contribution in [2.45, 2.75) is 6.92 Å². The fourth-order valence-corrected chi connectivity index (χ4v) is 3.23. The first-order valence-corrected chi connectivity index (χ1v) is 9.80. The summed E-state index contributed by atoms with van der Waals surface area (Å²) in [5.74, 6) is -0.203. The van der Waals surface area contributed by atoms with Gasteiger partial charge in [0.15, 0.2) is 0 Å². The van der Waals surface area contributed by atoms with Crippen LogP contribution in [0.3, 0.4) is 0 Å². The maximum Gasteiger partial charge on any atom is 0.349 e. The predicted octanol–water partition coefficient (Wildman–Crippen LogP) is 3.93. The van der Waals surface area contributed by atoms with Gasteiger partial charge in [0.1, 0.15) is 22.6 Å². The Morgan fingerprint density at radius 2 is 1.97 bits per heavy atom. The minimum Gasteiger partial charge on any atom is -0.496 e. The molecule has 0 saturated carbocycles. The van der Waals surface area contributed by atoms with Gasteiger partial charge < -0.3 is 19.2 Å². The lowest BCUT2D eigenvalue weighted by molar-refractivity contribution is -0.128. The number of esters is 1. The Morgan fingerprint density at radius 3 is 2.67 bits per heavy atom. The van der Waals surface area contributed by atoms with Crippen LogP contribution in [0.5, 0.6) is 11.5 Å². The molecule has 3 rings (SSSR count). The molecule has 0 radical (unpaired) electrons. The normalized spacial score (nSPS) is 10.9. The van der Waals surface area contributed by atoms with Crippen LogP contribution in [-0.2, 0) is 4.79 Å². The summed E-state index contributed by atoms with van der Waals surface area (Å²) in [6, 6.07) is 11.4. The van der Waals surface area contributed by atoms with Crippen molar-refractivity contribution in [1.82, 2.24) is 5.32 Å². The first kappa shape index (κ1) is 21.3. The van der Waals surface area contributed by atoms with Crippen molar-refractivity contribution in [3.05, 3.63) is 74.6 Å². The lowest BCUT2D eigenvalue weighted by atomic mass is 10.1. The van der Waals surface area contributed by atoms with Gasteiger partial charge in [0.2, 0.25) is 0 Å². The van der Waals surface area contributed by atoms with Gasteiger partial charge in [-0.15, -0.1) is 0 Å². The molecule has 7 nitrogen and oxygen atoms in total. The van der Waals surface area contributed by atoms with Crippen LogP contribution < -0.4 is 20.4 Å². The van der Waals surface area contributed by atoms with Crippen LogP contribution in [0.25, 0.3) is 17.0 Å². The maximum absolute atomic E-state index is 12.1. The van der Waals surface area contributed by atoms with E-state index in [1.54, 1.807) is 50.4 Å². The van der Waals surface area contributed by atoms with Gasteiger partial charge >= 0.3 is 11.6 Å². The van der Waals surface area contributed by atoms with E-state index < -0.39 is 17.5 Å². The number of hydrogen-bond acceptors (Lipinski definition) is 6. The zero-order valence-electron chi connectivity index (χ0n) is 16.2. The Hall–Kier alpha value is -3.39. The lowest BCUT2D eigenvalue weighted by Gasteiger charge is -2.05. The summed E-state index contributed by atoms with van der Waals surface area (Å²) in [5.41, 5.74) is 0.146. The van der Waals surface area contributed by atoms with Gasteiger partial charge in [0.25, 0.3) is 5.91 Å². The Bertz CT molecular complexity index is 1200. The zero-order valence-corrected chi connectivity index (χ0v) is 17.8. The molecule has 1 heterocycles. The standard InChI is InChI=1S/C22H18BrNO6/c1-3-24-21(26)16-11-14-6-7-15(12-19(14)30-22(16)27)29-20(25)9-5-13-4-8-18(28-2)17(23)10-13/h4-12H,3H2,1-2H3,(H,24,26)/b9-5+. The first-order chi connectivity index (χ1) is 14.4. The molecule has 154 valence electrons. The van der Waals surface area contributed by atoms with Crippen LogP contribution in [-0.4, -0.2) is 25.5 Å². The highest BCUT2D eigenvalue weighted by Gasteiger charge is 2.13. The fourth-order valence-electron chi connectivity index (χ4n) is 2.67. The average molecular weight is 472 g/mol. The second kappa shape index (κ2) is 9.41. The summed E-state index contributed by atoms with van der Waals surface area (Å²) in [4.78, 5) is 36.1. The van der Waals surface area contributed by atoms with Crippen LogP contribution in [0.2, 0.25) is 0 Å². The van der Waals surface area contributed by atoms with Gasteiger partial charge in [0.05, 0.1) is 11.6 Å². The van der Waals surface area contributed by atoms with Crippen LogP contribution in [0, 0.1) is 0 Å². The third-order valence-electron chi connectivity index (χ3n) is 4.10. The van der Waals surface area contributed by atoms with E-state index in [1.807, 2.05) is 0 Å². The molecule has 8 heteroatoms. The van der Waals surface area contributed by atoms with Crippen molar-refractivity contribution in [1.29, 1.82) is 0 Å². The molecule has 1 amide bonds. The smallest absolute Gasteiger partial charge is 0.349 e. The zero-order chi connectivity index (χ0) is 21.7. The summed E-state index contributed by atoms with van der Waals surface area (Å²) < 4.78 is 16.4. The molecule has 0 saturated heterocycles. The van der Waals surface area contributed by atoms with Crippen LogP contribution in [0.15, 0.2) is 62.2 Å². The second-order valence-electron chi connectivity index (χ2n) is 6.16. The molecule has 3 aromatic rings. The quantitative estimate of drug-likeness (QED) is 0.253. The molecule has 0 fully saturated rings. The van der Waals surface area contributed by atoms with Crippen molar-refractivity contribution in [2.75, 3.05) is 13.7 Å². The van der Waals surface area contributed by atoms with E-state index in [4.69, 9.17) is 13.9 Å². The summed E-state index contributed by atoms with van der Waals surface area (Å²) in [6.45, 7) is 2.15. The molecule has 0 atom stereocenters. The van der Waals surface area contributed by atoms with Crippen molar-refractivity contribution in [3.8, 4) is 11.5 Å². The number of hydrogen-bond donors (Lipinski definition) is 1. The van der Waals surface area contributed by atoms with Gasteiger partial charge in [-0.3, -0.25) is 4.79 Å². The maximum atomic E-state index is 12.1. The molecule has 1 N–H and O–H groups in total. The summed E-state index contributed by atoms with van der Waals surface area (Å²) >= 11 is 3.38. The van der Waals surface area contributed by atoms with Gasteiger partial charge in [-0.25, -0.2) is 9.59 Å². The molecule has 0 aliphatic rings. The number of ether oxygens (including phenoxy) is 2. The number of carbonyl (C=O) groups is 2. The number of halogens is 1. The molecule has 0 unspecified atom stereocenters. The second-order valence-corrected chi connectivity index (χ2v) is 7.01. The van der Waals surface area contributed by atoms with E-state index in [9.17, 15) is 14.4 Å². The Labute approximate surface area is 180 Å². The highest BCUT2D eigenvalue weighted by atomic mass is 79.9. The van der Waals surface area contributed by atoms with Gasteiger partial charge in [0, 0.05) is 24.1 Å². The van der Waals surface area contributed by atoms with Crippen LogP contribution in [0.4, 0.5) is 0 Å². The SMILES string of the molecule is CCNC(=O)c1cc2ccc(OC(=O)/C=C/c3ccc(OC)c(Br)c3)cc2oc1=O. The lowest BCUT2D eigenvalue weighted by Crippen LogP contribution is -2.27. The first-order valence-electron chi connectivity index (χ1n) is 9.00. The van der Waals surface area contributed by atoms with Crippen molar-refractivity contribution in [3.63, 3.8) is 0 Å². The topological polar surface area (TPSA) is 94.8 Å². The van der Waals surface area contributed by atoms with Gasteiger partial charge in [-0.2, -0.15) is 0 Å². The largest absolute Gasteiger partial charge is 0.496 e. The molecule has 30 heavy (non-hydrogen) atoms. The minimum absolute atomic E-state index is 0.0809. The number of rotatable bonds is 6. The Kier molecular flexibility index (Phi) is 6.68. The van der Waals surface area contributed by atoms with E-state index in [0.29, 0.717) is 17.7 Å². The Balaban J connectivity index is 1.76. The summed E-state index contributed by atoms with van der Waals surface area (Å²) in [5, 5.41) is 3.09. The van der Waals surface area contributed by atoms with Crippen molar-refractivity contribution >= 4 is 44.9 Å². The van der Waals surface area contributed by atoms with Crippen molar-refractivity contribution in [2.24, 2.45) is 0 Å². The summed E-state index contributed by atoms with van der Waals surface area (Å²) in [7, 11) is 1.57. The number of carbonyl (C=O) groups excluding carboxylic acids is 2. The van der Waals surface area contributed by atoms with Gasteiger partial charge in [-0.1, -0.05) is 6.07 Å². The Morgan fingerprint density at radius 1 is 1.17 bits per heavy atom. The van der Waals surface area contributed by atoms with E-state index >= 15 is 0 Å².